The summed E-state index contributed by atoms with van der Waals surface area (Å²) in [6, 6.07) is 12.6. The lowest BCUT2D eigenvalue weighted by Gasteiger charge is -2.04. The van der Waals surface area contributed by atoms with E-state index in [1.807, 2.05) is 31.2 Å². The first-order valence-electron chi connectivity index (χ1n) is 5.72. The van der Waals surface area contributed by atoms with E-state index in [9.17, 15) is 4.79 Å². The van der Waals surface area contributed by atoms with Crippen LogP contribution in [0.1, 0.15) is 11.3 Å². The highest BCUT2D eigenvalue weighted by atomic mass is 16.3. The SMILES string of the molecule is Cc1cccc(NC(=O)/C(C#N)=C/c2ccco2)c1. The van der Waals surface area contributed by atoms with Crippen molar-refractivity contribution in [2.24, 2.45) is 0 Å². The zero-order valence-corrected chi connectivity index (χ0v) is 10.4. The van der Waals surface area contributed by atoms with Gasteiger partial charge in [0.15, 0.2) is 0 Å². The fourth-order valence-electron chi connectivity index (χ4n) is 1.59. The molecule has 94 valence electrons. The Morgan fingerprint density at radius 2 is 2.21 bits per heavy atom. The molecule has 4 nitrogen and oxygen atoms in total. The predicted molar refractivity (Wildman–Crippen MR) is 72.1 cm³/mol. The van der Waals surface area contributed by atoms with Crippen molar-refractivity contribution in [3.05, 3.63) is 59.6 Å². The smallest absolute Gasteiger partial charge is 0.266 e. The zero-order valence-electron chi connectivity index (χ0n) is 10.4. The summed E-state index contributed by atoms with van der Waals surface area (Å²) < 4.78 is 5.08. The van der Waals surface area contributed by atoms with E-state index in [2.05, 4.69) is 5.32 Å². The van der Waals surface area contributed by atoms with Crippen molar-refractivity contribution in [3.8, 4) is 6.07 Å². The van der Waals surface area contributed by atoms with Crippen LogP contribution in [-0.4, -0.2) is 5.91 Å². The van der Waals surface area contributed by atoms with E-state index in [-0.39, 0.29) is 5.57 Å². The molecule has 0 fully saturated rings. The van der Waals surface area contributed by atoms with Gasteiger partial charge < -0.3 is 9.73 Å². The fraction of sp³-hybridized carbons (Fsp3) is 0.0667. The number of furan rings is 1. The Labute approximate surface area is 111 Å². The molecular weight excluding hydrogens is 240 g/mol. The summed E-state index contributed by atoms with van der Waals surface area (Å²) in [5.74, 6) is 0.0143. The minimum atomic E-state index is -0.454. The Bertz CT molecular complexity index is 649. The van der Waals surface area contributed by atoms with Crippen LogP contribution < -0.4 is 5.32 Å². The fourth-order valence-corrected chi connectivity index (χ4v) is 1.59. The van der Waals surface area contributed by atoms with Gasteiger partial charge in [-0.05, 0) is 36.8 Å². The molecule has 0 unspecified atom stereocenters. The number of aryl methyl sites for hydroxylation is 1. The molecular formula is C15H12N2O2. The van der Waals surface area contributed by atoms with Crippen LogP contribution in [-0.2, 0) is 4.79 Å². The average molecular weight is 252 g/mol. The Morgan fingerprint density at radius 1 is 1.37 bits per heavy atom. The molecule has 1 N–H and O–H groups in total. The van der Waals surface area contributed by atoms with Crippen molar-refractivity contribution >= 4 is 17.7 Å². The second kappa shape index (κ2) is 5.69. The molecule has 1 amide bonds. The van der Waals surface area contributed by atoms with Crippen molar-refractivity contribution < 1.29 is 9.21 Å². The van der Waals surface area contributed by atoms with Crippen molar-refractivity contribution in [2.75, 3.05) is 5.32 Å². The largest absolute Gasteiger partial charge is 0.465 e. The van der Waals surface area contributed by atoms with Gasteiger partial charge in [0, 0.05) is 11.8 Å². The molecule has 0 aliphatic heterocycles. The van der Waals surface area contributed by atoms with Crippen LogP contribution in [0, 0.1) is 18.3 Å². The predicted octanol–water partition coefficient (Wildman–Crippen LogP) is 3.13. The molecule has 19 heavy (non-hydrogen) atoms. The Hall–Kier alpha value is -2.80. The molecule has 0 spiro atoms. The summed E-state index contributed by atoms with van der Waals surface area (Å²) in [7, 11) is 0. The van der Waals surface area contributed by atoms with Crippen molar-refractivity contribution in [3.63, 3.8) is 0 Å². The van der Waals surface area contributed by atoms with Crippen molar-refractivity contribution in [1.82, 2.24) is 0 Å². The summed E-state index contributed by atoms with van der Waals surface area (Å²) in [4.78, 5) is 11.9. The van der Waals surface area contributed by atoms with Crippen LogP contribution in [0.25, 0.3) is 6.08 Å². The molecule has 0 bridgehead atoms. The molecule has 1 heterocycles. The van der Waals surface area contributed by atoms with E-state index in [4.69, 9.17) is 9.68 Å². The number of rotatable bonds is 3. The van der Waals surface area contributed by atoms with Gasteiger partial charge in [-0.1, -0.05) is 12.1 Å². The van der Waals surface area contributed by atoms with Gasteiger partial charge in [0.1, 0.15) is 17.4 Å². The number of nitrogens with zero attached hydrogens (tertiary/aromatic N) is 1. The highest BCUT2D eigenvalue weighted by Crippen LogP contribution is 2.12. The number of nitriles is 1. The minimum absolute atomic E-state index is 0.00328. The third-order valence-electron chi connectivity index (χ3n) is 2.47. The van der Waals surface area contributed by atoms with Gasteiger partial charge in [0.25, 0.3) is 5.91 Å². The monoisotopic (exact) mass is 252 g/mol. The van der Waals surface area contributed by atoms with E-state index in [0.29, 0.717) is 11.4 Å². The zero-order chi connectivity index (χ0) is 13.7. The molecule has 0 radical (unpaired) electrons. The van der Waals surface area contributed by atoms with E-state index < -0.39 is 5.91 Å². The Kier molecular flexibility index (Phi) is 3.79. The van der Waals surface area contributed by atoms with Crippen LogP contribution in [0.4, 0.5) is 5.69 Å². The van der Waals surface area contributed by atoms with Gasteiger partial charge in [-0.25, -0.2) is 0 Å². The highest BCUT2D eigenvalue weighted by Gasteiger charge is 2.10. The van der Waals surface area contributed by atoms with Gasteiger partial charge in [-0.15, -0.1) is 0 Å². The maximum Gasteiger partial charge on any atom is 0.266 e. The lowest BCUT2D eigenvalue weighted by atomic mass is 10.2. The number of nitrogens with one attached hydrogen (secondary N) is 1. The number of hydrogen-bond acceptors (Lipinski definition) is 3. The second-order valence-corrected chi connectivity index (χ2v) is 4.01. The second-order valence-electron chi connectivity index (χ2n) is 4.01. The maximum absolute atomic E-state index is 11.9. The molecule has 2 aromatic rings. The lowest BCUT2D eigenvalue weighted by Crippen LogP contribution is -2.13. The number of carbonyl (C=O) groups is 1. The van der Waals surface area contributed by atoms with E-state index in [1.54, 1.807) is 18.2 Å². The van der Waals surface area contributed by atoms with Crippen LogP contribution >= 0.6 is 0 Å². The maximum atomic E-state index is 11.9. The number of benzene rings is 1. The molecule has 4 heteroatoms. The quantitative estimate of drug-likeness (QED) is 0.674. The summed E-state index contributed by atoms with van der Waals surface area (Å²) in [5.41, 5.74) is 1.69. The third kappa shape index (κ3) is 3.33. The normalized spacial score (nSPS) is 10.8. The first kappa shape index (κ1) is 12.7. The lowest BCUT2D eigenvalue weighted by molar-refractivity contribution is -0.112. The molecule has 1 aromatic carbocycles. The van der Waals surface area contributed by atoms with Gasteiger partial charge in [-0.2, -0.15) is 5.26 Å². The molecule has 0 saturated carbocycles. The number of carbonyl (C=O) groups excluding carboxylic acids is 1. The summed E-state index contributed by atoms with van der Waals surface area (Å²) in [6.45, 7) is 1.93. The molecule has 0 atom stereocenters. The highest BCUT2D eigenvalue weighted by molar-refractivity contribution is 6.09. The number of amides is 1. The minimum Gasteiger partial charge on any atom is -0.465 e. The number of hydrogen-bond donors (Lipinski definition) is 1. The Balaban J connectivity index is 2.17. The van der Waals surface area contributed by atoms with E-state index >= 15 is 0 Å². The van der Waals surface area contributed by atoms with Crippen LogP contribution in [0.3, 0.4) is 0 Å². The van der Waals surface area contributed by atoms with Crippen molar-refractivity contribution in [2.45, 2.75) is 6.92 Å². The summed E-state index contributed by atoms with van der Waals surface area (Å²) in [6.07, 6.45) is 2.89. The molecule has 0 aliphatic carbocycles. The van der Waals surface area contributed by atoms with E-state index in [0.717, 1.165) is 5.56 Å². The van der Waals surface area contributed by atoms with Crippen LogP contribution in [0.2, 0.25) is 0 Å². The van der Waals surface area contributed by atoms with Gasteiger partial charge in [0.05, 0.1) is 6.26 Å². The van der Waals surface area contributed by atoms with E-state index in [1.165, 1.54) is 12.3 Å². The van der Waals surface area contributed by atoms with Crippen molar-refractivity contribution in [1.29, 1.82) is 5.26 Å². The number of anilines is 1. The molecule has 2 rings (SSSR count). The van der Waals surface area contributed by atoms with Gasteiger partial charge in [0.2, 0.25) is 0 Å². The third-order valence-corrected chi connectivity index (χ3v) is 2.47. The molecule has 0 aliphatic rings. The summed E-state index contributed by atoms with van der Waals surface area (Å²) in [5, 5.41) is 11.7. The Morgan fingerprint density at radius 3 is 2.84 bits per heavy atom. The van der Waals surface area contributed by atoms with Gasteiger partial charge in [-0.3, -0.25) is 4.79 Å². The topological polar surface area (TPSA) is 66.0 Å². The molecule has 0 saturated heterocycles. The first-order chi connectivity index (χ1) is 9.19. The first-order valence-corrected chi connectivity index (χ1v) is 5.72. The summed E-state index contributed by atoms with van der Waals surface area (Å²) >= 11 is 0. The average Bonchev–Trinajstić information content (AvgIpc) is 2.88. The van der Waals surface area contributed by atoms with Gasteiger partial charge >= 0.3 is 0 Å². The van der Waals surface area contributed by atoms with Crippen LogP contribution in [0.15, 0.2) is 52.7 Å². The standard InChI is InChI=1S/C15H12N2O2/c1-11-4-2-5-13(8-11)17-15(18)12(10-16)9-14-6-3-7-19-14/h2-9H,1H3,(H,17,18)/b12-9+. The van der Waals surface area contributed by atoms with Crippen LogP contribution in [0.5, 0.6) is 0 Å². The molecule has 1 aromatic heterocycles.